The zero-order valence-corrected chi connectivity index (χ0v) is 16.4. The van der Waals surface area contributed by atoms with Gasteiger partial charge in [-0.1, -0.05) is 12.1 Å². The number of carbonyl (C=O) groups is 1. The Labute approximate surface area is 167 Å². The highest BCUT2D eigenvalue weighted by molar-refractivity contribution is 7.17. The molecule has 1 saturated heterocycles. The van der Waals surface area contributed by atoms with E-state index in [2.05, 4.69) is 10.2 Å². The van der Waals surface area contributed by atoms with E-state index in [0.717, 1.165) is 46.9 Å². The fourth-order valence-electron chi connectivity index (χ4n) is 3.52. The number of carboxylic acid groups (broad SMARTS) is 1. The van der Waals surface area contributed by atoms with Crippen LogP contribution in [0.25, 0.3) is 10.2 Å². The summed E-state index contributed by atoms with van der Waals surface area (Å²) in [6, 6.07) is 9.19. The van der Waals surface area contributed by atoms with Gasteiger partial charge < -0.3 is 20.1 Å². The van der Waals surface area contributed by atoms with Crippen molar-refractivity contribution >= 4 is 39.3 Å². The monoisotopic (exact) mass is 398 g/mol. The van der Waals surface area contributed by atoms with E-state index in [1.807, 2.05) is 23.6 Å². The van der Waals surface area contributed by atoms with E-state index < -0.39 is 5.97 Å². The van der Waals surface area contributed by atoms with Gasteiger partial charge in [-0.15, -0.1) is 11.3 Å². The Morgan fingerprint density at radius 2 is 2.14 bits per heavy atom. The average Bonchev–Trinajstić information content (AvgIpc) is 3.35. The van der Waals surface area contributed by atoms with Crippen LogP contribution in [-0.2, 0) is 11.3 Å². The van der Waals surface area contributed by atoms with Crippen LogP contribution in [0.3, 0.4) is 0 Å². The number of ether oxygens (including phenoxy) is 1. The molecule has 0 unspecified atom stereocenters. The highest BCUT2D eigenvalue weighted by Gasteiger charge is 2.27. The van der Waals surface area contributed by atoms with Crippen LogP contribution in [0.2, 0.25) is 0 Å². The van der Waals surface area contributed by atoms with Gasteiger partial charge in [-0.25, -0.2) is 9.78 Å². The molecule has 3 aromatic rings. The zero-order chi connectivity index (χ0) is 19.5. The molecule has 146 valence electrons. The number of aromatic carboxylic acids is 1. The molecule has 0 amide bonds. The van der Waals surface area contributed by atoms with Crippen LogP contribution in [0.1, 0.15) is 28.8 Å². The van der Waals surface area contributed by atoms with Crippen molar-refractivity contribution in [2.75, 3.05) is 30.5 Å². The van der Waals surface area contributed by atoms with Gasteiger partial charge in [-0.2, -0.15) is 4.98 Å². The first-order chi connectivity index (χ1) is 13.7. The van der Waals surface area contributed by atoms with Crippen LogP contribution < -0.4 is 10.2 Å². The van der Waals surface area contributed by atoms with Crippen molar-refractivity contribution in [3.05, 3.63) is 46.8 Å². The first kappa shape index (κ1) is 18.6. The van der Waals surface area contributed by atoms with E-state index >= 15 is 0 Å². The normalized spacial score (nSPS) is 16.6. The highest BCUT2D eigenvalue weighted by Crippen LogP contribution is 2.31. The van der Waals surface area contributed by atoms with Crippen molar-refractivity contribution in [1.82, 2.24) is 9.97 Å². The fourth-order valence-corrected chi connectivity index (χ4v) is 4.31. The number of hydrogen-bond donors (Lipinski definition) is 2. The quantitative estimate of drug-likeness (QED) is 0.628. The first-order valence-corrected chi connectivity index (χ1v) is 10.1. The summed E-state index contributed by atoms with van der Waals surface area (Å²) in [5, 5.41) is 14.5. The molecule has 2 N–H and O–H groups in total. The number of hydrogen-bond acceptors (Lipinski definition) is 7. The number of nitrogens with one attached hydrogen (secondary N) is 1. The number of methoxy groups -OCH3 is 1. The third-order valence-electron chi connectivity index (χ3n) is 4.95. The number of anilines is 2. The number of nitrogens with zero attached hydrogens (tertiary/aromatic N) is 3. The van der Waals surface area contributed by atoms with Crippen LogP contribution in [0.4, 0.5) is 11.8 Å². The summed E-state index contributed by atoms with van der Waals surface area (Å²) in [6.45, 7) is 2.16. The van der Waals surface area contributed by atoms with E-state index in [0.29, 0.717) is 19.2 Å². The van der Waals surface area contributed by atoms with E-state index in [4.69, 9.17) is 19.8 Å². The van der Waals surface area contributed by atoms with Crippen molar-refractivity contribution in [3.63, 3.8) is 0 Å². The standard InChI is InChI=1S/C20H22N4O3S/c1-27-12-15-3-2-9-24(15)20-22-16-8-10-28-17(16)18(23-20)21-11-13-4-6-14(7-5-13)19(25)26/h4-8,10,15H,2-3,9,11-12H2,1H3,(H,25,26)(H,21,22,23)/t15-/m1/s1. The minimum absolute atomic E-state index is 0.284. The van der Waals surface area contributed by atoms with Crippen molar-refractivity contribution < 1.29 is 14.6 Å². The summed E-state index contributed by atoms with van der Waals surface area (Å²) >= 11 is 1.61. The first-order valence-electron chi connectivity index (χ1n) is 9.22. The summed E-state index contributed by atoms with van der Waals surface area (Å²) < 4.78 is 6.38. The van der Waals surface area contributed by atoms with Gasteiger partial charge >= 0.3 is 5.97 Å². The van der Waals surface area contributed by atoms with Gasteiger partial charge in [0.15, 0.2) is 0 Å². The highest BCUT2D eigenvalue weighted by atomic mass is 32.1. The molecule has 1 aliphatic rings. The number of aromatic nitrogens is 2. The van der Waals surface area contributed by atoms with Gasteiger partial charge in [0.2, 0.25) is 5.95 Å². The molecule has 8 heteroatoms. The van der Waals surface area contributed by atoms with Crippen LogP contribution in [0.5, 0.6) is 0 Å². The number of fused-ring (bicyclic) bond motifs is 1. The molecule has 4 rings (SSSR count). The SMILES string of the molecule is COC[C@H]1CCCN1c1nc(NCc2ccc(C(=O)O)cc2)c2sccc2n1. The van der Waals surface area contributed by atoms with Crippen LogP contribution in [0, 0.1) is 0 Å². The Balaban J connectivity index is 1.57. The molecule has 0 aliphatic carbocycles. The maximum atomic E-state index is 11.0. The minimum atomic E-state index is -0.920. The predicted molar refractivity (Wildman–Crippen MR) is 110 cm³/mol. The Morgan fingerprint density at radius 1 is 1.32 bits per heavy atom. The van der Waals surface area contributed by atoms with E-state index in [9.17, 15) is 4.79 Å². The molecule has 1 aliphatic heterocycles. The Kier molecular flexibility index (Phi) is 5.40. The molecule has 0 bridgehead atoms. The molecule has 28 heavy (non-hydrogen) atoms. The topological polar surface area (TPSA) is 87.6 Å². The lowest BCUT2D eigenvalue weighted by atomic mass is 10.1. The van der Waals surface area contributed by atoms with Gasteiger partial charge in [-0.3, -0.25) is 0 Å². The molecule has 7 nitrogen and oxygen atoms in total. The van der Waals surface area contributed by atoms with Gasteiger partial charge in [0, 0.05) is 20.2 Å². The van der Waals surface area contributed by atoms with Crippen LogP contribution in [0.15, 0.2) is 35.7 Å². The molecule has 1 aromatic carbocycles. The van der Waals surface area contributed by atoms with Crippen LogP contribution in [-0.4, -0.2) is 47.3 Å². The summed E-state index contributed by atoms with van der Waals surface area (Å²) in [5.74, 6) is 0.617. The maximum absolute atomic E-state index is 11.0. The number of benzene rings is 1. The Morgan fingerprint density at radius 3 is 2.89 bits per heavy atom. The third kappa shape index (κ3) is 3.79. The molecule has 2 aromatic heterocycles. The summed E-state index contributed by atoms with van der Waals surface area (Å²) in [6.07, 6.45) is 2.19. The van der Waals surface area contributed by atoms with Gasteiger partial charge in [0.25, 0.3) is 0 Å². The molecule has 0 spiro atoms. The second kappa shape index (κ2) is 8.12. The number of rotatable bonds is 7. The lowest BCUT2D eigenvalue weighted by molar-refractivity contribution is 0.0697. The molecule has 1 atom stereocenters. The summed E-state index contributed by atoms with van der Waals surface area (Å²) in [4.78, 5) is 22.8. The lowest BCUT2D eigenvalue weighted by Crippen LogP contribution is -2.34. The summed E-state index contributed by atoms with van der Waals surface area (Å²) in [7, 11) is 1.72. The van der Waals surface area contributed by atoms with Gasteiger partial charge in [-0.05, 0) is 42.0 Å². The number of thiophene rings is 1. The maximum Gasteiger partial charge on any atom is 0.335 e. The molecular formula is C20H22N4O3S. The molecule has 1 fully saturated rings. The molecular weight excluding hydrogens is 376 g/mol. The Hall–Kier alpha value is -2.71. The largest absolute Gasteiger partial charge is 0.478 e. The Bertz CT molecular complexity index is 973. The predicted octanol–water partition coefficient (Wildman–Crippen LogP) is 3.62. The van der Waals surface area contributed by atoms with Crippen molar-refractivity contribution in [2.45, 2.75) is 25.4 Å². The average molecular weight is 398 g/mol. The lowest BCUT2D eigenvalue weighted by Gasteiger charge is -2.24. The van der Waals surface area contributed by atoms with Crippen molar-refractivity contribution in [3.8, 4) is 0 Å². The smallest absolute Gasteiger partial charge is 0.335 e. The van der Waals surface area contributed by atoms with E-state index in [1.54, 1.807) is 30.6 Å². The van der Waals surface area contributed by atoms with Gasteiger partial charge in [0.05, 0.1) is 28.4 Å². The fraction of sp³-hybridized carbons (Fsp3) is 0.350. The zero-order valence-electron chi connectivity index (χ0n) is 15.6. The van der Waals surface area contributed by atoms with Crippen molar-refractivity contribution in [1.29, 1.82) is 0 Å². The van der Waals surface area contributed by atoms with Crippen molar-refractivity contribution in [2.24, 2.45) is 0 Å². The molecule has 3 heterocycles. The molecule has 0 saturated carbocycles. The van der Waals surface area contributed by atoms with Gasteiger partial charge in [0.1, 0.15) is 5.82 Å². The second-order valence-corrected chi connectivity index (χ2v) is 7.72. The minimum Gasteiger partial charge on any atom is -0.478 e. The second-order valence-electron chi connectivity index (χ2n) is 6.81. The number of carboxylic acids is 1. The third-order valence-corrected chi connectivity index (χ3v) is 5.86. The summed E-state index contributed by atoms with van der Waals surface area (Å²) in [5.41, 5.74) is 2.21. The van der Waals surface area contributed by atoms with E-state index in [-0.39, 0.29) is 5.56 Å². The van der Waals surface area contributed by atoms with Crippen LogP contribution >= 0.6 is 11.3 Å². The molecule has 0 radical (unpaired) electrons. The van der Waals surface area contributed by atoms with E-state index in [1.165, 1.54) is 0 Å².